The first-order valence-electron chi connectivity index (χ1n) is 11.1. The lowest BCUT2D eigenvalue weighted by atomic mass is 10.00. The summed E-state index contributed by atoms with van der Waals surface area (Å²) in [5.41, 5.74) is 3.43. The van der Waals surface area contributed by atoms with Crippen LogP contribution >= 0.6 is 11.8 Å². The van der Waals surface area contributed by atoms with Gasteiger partial charge in [-0.3, -0.25) is 14.6 Å². The van der Waals surface area contributed by atoms with E-state index in [0.29, 0.717) is 17.4 Å². The Labute approximate surface area is 193 Å². The topological polar surface area (TPSA) is 74.1 Å². The Bertz CT molecular complexity index is 1110. The monoisotopic (exact) mass is 448 g/mol. The standard InChI is InChI=1S/C25H28N4O2S/c1-5-15(3)21-24(31)29-22(28-21)17-12-8-10-14-19(17)27-25(29)32-20(6-2)23(30)26-18-13-9-7-11-16(18)4/h7-15,20-21H,5-6H2,1-4H3,(H,26,30)/t15-,20-,21+/m0/s1. The summed E-state index contributed by atoms with van der Waals surface area (Å²) in [5.74, 6) is 0.606. The number of nitrogens with zero attached hydrogens (tertiary/aromatic N) is 3. The Morgan fingerprint density at radius 2 is 1.84 bits per heavy atom. The fourth-order valence-corrected chi connectivity index (χ4v) is 4.84. The summed E-state index contributed by atoms with van der Waals surface area (Å²) in [4.78, 5) is 37.6. The molecule has 2 heterocycles. The number of hydrogen-bond acceptors (Lipinski definition) is 5. The molecule has 2 aliphatic heterocycles. The van der Waals surface area contributed by atoms with Gasteiger partial charge in [0.15, 0.2) is 5.17 Å². The first kappa shape index (κ1) is 22.3. The van der Waals surface area contributed by atoms with Crippen LogP contribution in [0.2, 0.25) is 0 Å². The van der Waals surface area contributed by atoms with Crippen molar-refractivity contribution in [3.05, 3.63) is 59.7 Å². The van der Waals surface area contributed by atoms with Gasteiger partial charge < -0.3 is 5.32 Å². The molecule has 32 heavy (non-hydrogen) atoms. The molecule has 0 aliphatic carbocycles. The van der Waals surface area contributed by atoms with Crippen molar-refractivity contribution in [1.29, 1.82) is 0 Å². The molecule has 4 rings (SSSR count). The molecule has 3 atom stereocenters. The van der Waals surface area contributed by atoms with Crippen LogP contribution in [-0.4, -0.2) is 39.0 Å². The van der Waals surface area contributed by atoms with Crippen molar-refractivity contribution in [2.75, 3.05) is 5.32 Å². The van der Waals surface area contributed by atoms with E-state index in [-0.39, 0.29) is 17.7 Å². The molecule has 2 aliphatic rings. The Kier molecular flexibility index (Phi) is 6.46. The Balaban J connectivity index is 1.64. The van der Waals surface area contributed by atoms with Crippen molar-refractivity contribution in [1.82, 2.24) is 4.90 Å². The maximum absolute atomic E-state index is 13.4. The van der Waals surface area contributed by atoms with Crippen LogP contribution in [0.15, 0.2) is 58.5 Å². The highest BCUT2D eigenvalue weighted by Gasteiger charge is 2.43. The van der Waals surface area contributed by atoms with Crippen molar-refractivity contribution in [2.24, 2.45) is 15.9 Å². The zero-order valence-electron chi connectivity index (χ0n) is 18.8. The smallest absolute Gasteiger partial charge is 0.259 e. The lowest BCUT2D eigenvalue weighted by molar-refractivity contribution is -0.125. The first-order chi connectivity index (χ1) is 15.4. The van der Waals surface area contributed by atoms with E-state index in [0.717, 1.165) is 28.9 Å². The zero-order chi connectivity index (χ0) is 22.8. The summed E-state index contributed by atoms with van der Waals surface area (Å²) in [6.07, 6.45) is 1.46. The van der Waals surface area contributed by atoms with Gasteiger partial charge in [-0.1, -0.05) is 69.3 Å². The van der Waals surface area contributed by atoms with Crippen LogP contribution in [0.3, 0.4) is 0 Å². The van der Waals surface area contributed by atoms with Crippen LogP contribution in [0.4, 0.5) is 11.4 Å². The number of para-hydroxylation sites is 2. The molecule has 0 fully saturated rings. The van der Waals surface area contributed by atoms with Gasteiger partial charge in [0.2, 0.25) is 5.91 Å². The summed E-state index contributed by atoms with van der Waals surface area (Å²) >= 11 is 1.33. The van der Waals surface area contributed by atoms with Crippen LogP contribution in [0.1, 0.15) is 44.7 Å². The van der Waals surface area contributed by atoms with Gasteiger partial charge in [-0.25, -0.2) is 9.89 Å². The molecule has 0 saturated carbocycles. The largest absolute Gasteiger partial charge is 0.325 e. The minimum Gasteiger partial charge on any atom is -0.325 e. The third kappa shape index (κ3) is 4.09. The molecule has 6 nitrogen and oxygen atoms in total. The number of thioether (sulfide) groups is 1. The fourth-order valence-electron chi connectivity index (χ4n) is 3.82. The second-order valence-electron chi connectivity index (χ2n) is 8.19. The van der Waals surface area contributed by atoms with Gasteiger partial charge in [0.25, 0.3) is 5.91 Å². The summed E-state index contributed by atoms with van der Waals surface area (Å²) in [5, 5.41) is 3.15. The number of nitrogens with one attached hydrogen (secondary N) is 1. The number of carbonyl (C=O) groups is 2. The van der Waals surface area contributed by atoms with E-state index < -0.39 is 11.3 Å². The number of aryl methyl sites for hydroxylation is 1. The molecule has 2 aromatic rings. The van der Waals surface area contributed by atoms with E-state index in [1.54, 1.807) is 4.90 Å². The lowest BCUT2D eigenvalue weighted by Gasteiger charge is -2.27. The predicted octanol–water partition coefficient (Wildman–Crippen LogP) is 5.15. The van der Waals surface area contributed by atoms with Gasteiger partial charge in [-0.2, -0.15) is 0 Å². The highest BCUT2D eigenvalue weighted by Crippen LogP contribution is 2.36. The third-order valence-electron chi connectivity index (χ3n) is 6.00. The Hall–Kier alpha value is -2.93. The minimum atomic E-state index is -0.423. The van der Waals surface area contributed by atoms with Crippen molar-refractivity contribution in [2.45, 2.75) is 51.8 Å². The van der Waals surface area contributed by atoms with Gasteiger partial charge >= 0.3 is 0 Å². The normalized spacial score (nSPS) is 18.9. The minimum absolute atomic E-state index is 0.0655. The van der Waals surface area contributed by atoms with E-state index in [4.69, 9.17) is 9.98 Å². The number of benzene rings is 2. The summed E-state index contributed by atoms with van der Waals surface area (Å²) < 4.78 is 0. The molecule has 0 unspecified atom stereocenters. The second-order valence-corrected chi connectivity index (χ2v) is 9.36. The molecule has 166 valence electrons. The zero-order valence-corrected chi connectivity index (χ0v) is 19.6. The molecule has 7 heteroatoms. The number of amidine groups is 2. The highest BCUT2D eigenvalue weighted by molar-refractivity contribution is 8.15. The molecule has 0 spiro atoms. The molecule has 1 N–H and O–H groups in total. The van der Waals surface area contributed by atoms with Crippen molar-refractivity contribution in [3.63, 3.8) is 0 Å². The van der Waals surface area contributed by atoms with E-state index in [9.17, 15) is 9.59 Å². The quantitative estimate of drug-likeness (QED) is 0.664. The molecule has 2 aromatic carbocycles. The lowest BCUT2D eigenvalue weighted by Crippen LogP contribution is -2.43. The molecule has 0 bridgehead atoms. The number of carbonyl (C=O) groups excluding carboxylic acids is 2. The summed E-state index contributed by atoms with van der Waals surface area (Å²) in [7, 11) is 0. The van der Waals surface area contributed by atoms with Crippen molar-refractivity contribution in [3.8, 4) is 0 Å². The van der Waals surface area contributed by atoms with Gasteiger partial charge in [0.05, 0.1) is 10.9 Å². The Morgan fingerprint density at radius 1 is 1.12 bits per heavy atom. The molecule has 0 saturated heterocycles. The van der Waals surface area contributed by atoms with E-state index >= 15 is 0 Å². The number of rotatable bonds is 6. The maximum atomic E-state index is 13.4. The van der Waals surface area contributed by atoms with Crippen LogP contribution in [0.25, 0.3) is 0 Å². The molecule has 0 aromatic heterocycles. The van der Waals surface area contributed by atoms with Gasteiger partial charge in [0, 0.05) is 11.3 Å². The molecular formula is C25H28N4O2S. The first-order valence-corrected chi connectivity index (χ1v) is 12.0. The van der Waals surface area contributed by atoms with Crippen molar-refractivity contribution < 1.29 is 9.59 Å². The van der Waals surface area contributed by atoms with Crippen LogP contribution in [0, 0.1) is 12.8 Å². The maximum Gasteiger partial charge on any atom is 0.259 e. The number of aliphatic imine (C=N–C) groups is 2. The molecular weight excluding hydrogens is 420 g/mol. The molecule has 0 radical (unpaired) electrons. The fraction of sp³-hybridized carbons (Fsp3) is 0.360. The number of hydrogen-bond donors (Lipinski definition) is 1. The molecule has 2 amide bonds. The van der Waals surface area contributed by atoms with Crippen LogP contribution < -0.4 is 5.32 Å². The van der Waals surface area contributed by atoms with E-state index in [1.807, 2.05) is 69.3 Å². The van der Waals surface area contributed by atoms with E-state index in [2.05, 4.69) is 12.2 Å². The van der Waals surface area contributed by atoms with Gasteiger partial charge in [0.1, 0.15) is 11.9 Å². The van der Waals surface area contributed by atoms with Gasteiger partial charge in [-0.15, -0.1) is 0 Å². The summed E-state index contributed by atoms with van der Waals surface area (Å²) in [6.45, 7) is 8.04. The number of amides is 2. The number of fused-ring (bicyclic) bond motifs is 3. The average Bonchev–Trinajstić information content (AvgIpc) is 3.16. The second kappa shape index (κ2) is 9.28. The average molecular weight is 449 g/mol. The Morgan fingerprint density at radius 3 is 2.56 bits per heavy atom. The SMILES string of the molecule is CC[C@H](SC1=Nc2ccccc2C2=N[C@H]([C@@H](C)CC)C(=O)N12)C(=O)Nc1ccccc1C. The van der Waals surface area contributed by atoms with Gasteiger partial charge in [-0.05, 0) is 43.0 Å². The van der Waals surface area contributed by atoms with Crippen LogP contribution in [0.5, 0.6) is 0 Å². The van der Waals surface area contributed by atoms with Crippen LogP contribution in [-0.2, 0) is 9.59 Å². The van der Waals surface area contributed by atoms with E-state index in [1.165, 1.54) is 11.8 Å². The highest BCUT2D eigenvalue weighted by atomic mass is 32.2. The van der Waals surface area contributed by atoms with Crippen molar-refractivity contribution >= 4 is 46.0 Å². The summed E-state index contributed by atoms with van der Waals surface area (Å²) in [6, 6.07) is 15.0. The number of anilines is 1. The predicted molar refractivity (Wildman–Crippen MR) is 132 cm³/mol. The third-order valence-corrected chi connectivity index (χ3v) is 7.31.